The molecule has 0 fully saturated rings. The Labute approximate surface area is 108 Å². The monoisotopic (exact) mass is 266 g/mol. The van der Waals surface area contributed by atoms with Crippen LogP contribution in [0.1, 0.15) is 17.9 Å². The number of aliphatic carboxylic acids is 1. The molecule has 3 nitrogen and oxygen atoms in total. The van der Waals surface area contributed by atoms with Crippen molar-refractivity contribution >= 4 is 16.7 Å². The van der Waals surface area contributed by atoms with Crippen molar-refractivity contribution in [2.75, 3.05) is 0 Å². The van der Waals surface area contributed by atoms with E-state index in [2.05, 4.69) is 0 Å². The molecule has 0 amide bonds. The van der Waals surface area contributed by atoms with E-state index in [1.165, 1.54) is 6.07 Å². The number of rotatable bonds is 4. The third-order valence-electron chi connectivity index (χ3n) is 3.02. The van der Waals surface area contributed by atoms with E-state index in [1.54, 1.807) is 30.3 Å². The number of fused-ring (bicyclic) bond motifs is 1. The van der Waals surface area contributed by atoms with Gasteiger partial charge in [0.15, 0.2) is 0 Å². The summed E-state index contributed by atoms with van der Waals surface area (Å²) in [6.45, 7) is 0. The SMILES string of the molecule is O=C(O)CC(c1c(O)ccc2ccccc12)C(F)F. The molecule has 0 saturated carbocycles. The Morgan fingerprint density at radius 2 is 1.84 bits per heavy atom. The highest BCUT2D eigenvalue weighted by Crippen LogP contribution is 2.38. The first-order chi connectivity index (χ1) is 9.00. The summed E-state index contributed by atoms with van der Waals surface area (Å²) in [6, 6.07) is 9.65. The van der Waals surface area contributed by atoms with Gasteiger partial charge in [-0.3, -0.25) is 4.79 Å². The molecule has 100 valence electrons. The van der Waals surface area contributed by atoms with Crippen LogP contribution in [-0.4, -0.2) is 22.6 Å². The van der Waals surface area contributed by atoms with Crippen molar-refractivity contribution in [2.45, 2.75) is 18.8 Å². The minimum Gasteiger partial charge on any atom is -0.508 e. The number of halogens is 2. The molecule has 0 aliphatic heterocycles. The summed E-state index contributed by atoms with van der Waals surface area (Å²) in [7, 11) is 0. The zero-order valence-electron chi connectivity index (χ0n) is 9.88. The summed E-state index contributed by atoms with van der Waals surface area (Å²) < 4.78 is 26.2. The molecule has 0 aliphatic rings. The van der Waals surface area contributed by atoms with Crippen LogP contribution in [0.3, 0.4) is 0 Å². The van der Waals surface area contributed by atoms with Crippen LogP contribution < -0.4 is 0 Å². The fourth-order valence-corrected chi connectivity index (χ4v) is 2.18. The number of aromatic hydroxyl groups is 1. The number of alkyl halides is 2. The van der Waals surface area contributed by atoms with E-state index in [-0.39, 0.29) is 11.3 Å². The Morgan fingerprint density at radius 3 is 2.47 bits per heavy atom. The van der Waals surface area contributed by atoms with Crippen LogP contribution in [0, 0.1) is 0 Å². The average Bonchev–Trinajstić information content (AvgIpc) is 2.36. The zero-order valence-corrected chi connectivity index (χ0v) is 9.88. The predicted molar refractivity (Wildman–Crippen MR) is 66.6 cm³/mol. The number of hydrogen-bond acceptors (Lipinski definition) is 2. The van der Waals surface area contributed by atoms with Gasteiger partial charge in [-0.1, -0.05) is 30.3 Å². The van der Waals surface area contributed by atoms with Gasteiger partial charge in [-0.05, 0) is 16.8 Å². The molecule has 0 bridgehead atoms. The van der Waals surface area contributed by atoms with Gasteiger partial charge < -0.3 is 10.2 Å². The van der Waals surface area contributed by atoms with Gasteiger partial charge in [0.1, 0.15) is 5.75 Å². The molecule has 0 radical (unpaired) electrons. The Hall–Kier alpha value is -2.17. The van der Waals surface area contributed by atoms with E-state index >= 15 is 0 Å². The Morgan fingerprint density at radius 1 is 1.16 bits per heavy atom. The van der Waals surface area contributed by atoms with Crippen LogP contribution in [0.2, 0.25) is 0 Å². The zero-order chi connectivity index (χ0) is 14.0. The molecule has 2 N–H and O–H groups in total. The minimum absolute atomic E-state index is 0.00417. The topological polar surface area (TPSA) is 57.5 Å². The maximum absolute atomic E-state index is 13.1. The second-order valence-corrected chi connectivity index (χ2v) is 4.26. The number of phenols is 1. The molecule has 0 aliphatic carbocycles. The summed E-state index contributed by atoms with van der Waals surface area (Å²) in [6.07, 6.45) is -3.58. The van der Waals surface area contributed by atoms with E-state index in [1.807, 2.05) is 0 Å². The lowest BCUT2D eigenvalue weighted by Gasteiger charge is -2.18. The van der Waals surface area contributed by atoms with Gasteiger partial charge in [0, 0.05) is 5.56 Å². The van der Waals surface area contributed by atoms with E-state index in [4.69, 9.17) is 5.11 Å². The second-order valence-electron chi connectivity index (χ2n) is 4.26. The number of hydrogen-bond donors (Lipinski definition) is 2. The molecular weight excluding hydrogens is 254 g/mol. The van der Waals surface area contributed by atoms with Gasteiger partial charge in [0.05, 0.1) is 12.3 Å². The summed E-state index contributed by atoms with van der Waals surface area (Å²) in [5.74, 6) is -3.15. The lowest BCUT2D eigenvalue weighted by atomic mass is 9.90. The first kappa shape index (κ1) is 13.3. The number of carboxylic acid groups (broad SMARTS) is 1. The van der Waals surface area contributed by atoms with E-state index < -0.39 is 24.7 Å². The highest BCUT2D eigenvalue weighted by molar-refractivity contribution is 5.88. The molecule has 2 aromatic rings. The molecule has 5 heteroatoms. The second kappa shape index (κ2) is 5.22. The molecule has 0 spiro atoms. The minimum atomic E-state index is -2.85. The van der Waals surface area contributed by atoms with Crippen molar-refractivity contribution in [3.63, 3.8) is 0 Å². The summed E-state index contributed by atoms with van der Waals surface area (Å²) in [4.78, 5) is 10.7. The Kier molecular flexibility index (Phi) is 3.64. The van der Waals surface area contributed by atoms with Crippen LogP contribution in [0.15, 0.2) is 36.4 Å². The maximum atomic E-state index is 13.1. The molecule has 19 heavy (non-hydrogen) atoms. The van der Waals surface area contributed by atoms with Crippen LogP contribution in [0.5, 0.6) is 5.75 Å². The van der Waals surface area contributed by atoms with E-state index in [0.717, 1.165) is 0 Å². The van der Waals surface area contributed by atoms with E-state index in [0.29, 0.717) is 10.8 Å². The third kappa shape index (κ3) is 2.65. The van der Waals surface area contributed by atoms with Crippen molar-refractivity contribution in [1.29, 1.82) is 0 Å². The van der Waals surface area contributed by atoms with Gasteiger partial charge in [0.25, 0.3) is 0 Å². The number of benzene rings is 2. The van der Waals surface area contributed by atoms with Crippen molar-refractivity contribution in [1.82, 2.24) is 0 Å². The van der Waals surface area contributed by atoms with Crippen molar-refractivity contribution in [3.05, 3.63) is 42.0 Å². The summed E-state index contributed by atoms with van der Waals surface area (Å²) in [5, 5.41) is 19.7. The predicted octanol–water partition coefficient (Wildman–Crippen LogP) is 3.37. The summed E-state index contributed by atoms with van der Waals surface area (Å²) >= 11 is 0. The largest absolute Gasteiger partial charge is 0.508 e. The van der Waals surface area contributed by atoms with Gasteiger partial charge in [0.2, 0.25) is 6.43 Å². The Bertz CT molecular complexity index is 611. The fraction of sp³-hybridized carbons (Fsp3) is 0.214. The average molecular weight is 266 g/mol. The molecule has 0 saturated heterocycles. The quantitative estimate of drug-likeness (QED) is 0.892. The maximum Gasteiger partial charge on any atom is 0.304 e. The van der Waals surface area contributed by atoms with Crippen molar-refractivity contribution in [2.24, 2.45) is 0 Å². The Balaban J connectivity index is 2.64. The van der Waals surface area contributed by atoms with Gasteiger partial charge in [-0.15, -0.1) is 0 Å². The van der Waals surface area contributed by atoms with Crippen molar-refractivity contribution in [3.8, 4) is 5.75 Å². The highest BCUT2D eigenvalue weighted by atomic mass is 19.3. The number of carbonyl (C=O) groups is 1. The highest BCUT2D eigenvalue weighted by Gasteiger charge is 2.29. The third-order valence-corrected chi connectivity index (χ3v) is 3.02. The molecule has 2 aromatic carbocycles. The lowest BCUT2D eigenvalue weighted by Crippen LogP contribution is -2.14. The normalized spacial score (nSPS) is 12.8. The van der Waals surface area contributed by atoms with Crippen molar-refractivity contribution < 1.29 is 23.8 Å². The first-order valence-corrected chi connectivity index (χ1v) is 5.71. The van der Waals surface area contributed by atoms with Crippen LogP contribution in [0.25, 0.3) is 10.8 Å². The number of carboxylic acids is 1. The molecular formula is C14H12F2O3. The van der Waals surface area contributed by atoms with Gasteiger partial charge in [-0.25, -0.2) is 8.78 Å². The van der Waals surface area contributed by atoms with Crippen LogP contribution in [-0.2, 0) is 4.79 Å². The summed E-state index contributed by atoms with van der Waals surface area (Å²) in [5.41, 5.74) is -0.00417. The molecule has 1 atom stereocenters. The van der Waals surface area contributed by atoms with Crippen LogP contribution in [0.4, 0.5) is 8.78 Å². The van der Waals surface area contributed by atoms with Crippen LogP contribution >= 0.6 is 0 Å². The first-order valence-electron chi connectivity index (χ1n) is 5.71. The molecule has 1 unspecified atom stereocenters. The molecule has 0 aromatic heterocycles. The number of phenolic OH excluding ortho intramolecular Hbond substituents is 1. The lowest BCUT2D eigenvalue weighted by molar-refractivity contribution is -0.138. The van der Waals surface area contributed by atoms with E-state index in [9.17, 15) is 18.7 Å². The smallest absolute Gasteiger partial charge is 0.304 e. The van der Waals surface area contributed by atoms with Gasteiger partial charge >= 0.3 is 5.97 Å². The fourth-order valence-electron chi connectivity index (χ4n) is 2.18. The standard InChI is InChI=1S/C14H12F2O3/c15-14(16)10(7-12(18)19)13-9-4-2-1-3-8(9)5-6-11(13)17/h1-6,10,14,17H,7H2,(H,18,19). The molecule has 0 heterocycles. The van der Waals surface area contributed by atoms with Gasteiger partial charge in [-0.2, -0.15) is 0 Å². The molecule has 2 rings (SSSR count).